The Morgan fingerprint density at radius 1 is 1.16 bits per heavy atom. The minimum absolute atomic E-state index is 0.206. The van der Waals surface area contributed by atoms with E-state index >= 15 is 0 Å². The van der Waals surface area contributed by atoms with Gasteiger partial charge in [0.2, 0.25) is 5.91 Å². The minimum atomic E-state index is -1.14. The maximum Gasteiger partial charge on any atom is 0.411 e. The van der Waals surface area contributed by atoms with Gasteiger partial charge in [-0.05, 0) is 56.5 Å². The van der Waals surface area contributed by atoms with Crippen LogP contribution >= 0.6 is 0 Å². The Morgan fingerprint density at radius 2 is 1.89 bits per heavy atom. The van der Waals surface area contributed by atoms with E-state index in [-0.39, 0.29) is 31.6 Å². The molecule has 0 radical (unpaired) electrons. The van der Waals surface area contributed by atoms with E-state index in [1.807, 2.05) is 30.3 Å². The summed E-state index contributed by atoms with van der Waals surface area (Å²) in [6.07, 6.45) is 1.39. The zero-order valence-electron chi connectivity index (χ0n) is 22.0. The molecule has 2 aromatic carbocycles. The normalized spacial score (nSPS) is 25.0. The molecule has 1 saturated carbocycles. The van der Waals surface area contributed by atoms with Crippen LogP contribution in [0.1, 0.15) is 46.1 Å². The quantitative estimate of drug-likeness (QED) is 0.421. The summed E-state index contributed by atoms with van der Waals surface area (Å²) in [5.41, 5.74) is -0.861. The summed E-state index contributed by atoms with van der Waals surface area (Å²) >= 11 is 0. The number of carbonyl (C=O) groups excluding carboxylic acids is 3. The third kappa shape index (κ3) is 5.96. The summed E-state index contributed by atoms with van der Waals surface area (Å²) in [4.78, 5) is 40.6. The molecular formula is C29H36N2O6. The van der Waals surface area contributed by atoms with Gasteiger partial charge in [-0.3, -0.25) is 9.69 Å². The third-order valence-electron chi connectivity index (χ3n) is 6.78. The Bertz CT molecular complexity index is 1190. The molecule has 37 heavy (non-hydrogen) atoms. The molecule has 0 bridgehead atoms. The number of hydrogen-bond donors (Lipinski definition) is 1. The number of rotatable bonds is 8. The molecule has 1 aliphatic carbocycles. The predicted octanol–water partition coefficient (Wildman–Crippen LogP) is 4.36. The first-order valence-electron chi connectivity index (χ1n) is 12.8. The van der Waals surface area contributed by atoms with Crippen LogP contribution in [0, 0.1) is 5.92 Å². The van der Waals surface area contributed by atoms with E-state index in [0.29, 0.717) is 13.0 Å². The first kappa shape index (κ1) is 26.7. The van der Waals surface area contributed by atoms with Crippen LogP contribution in [0.25, 0.3) is 10.8 Å². The van der Waals surface area contributed by atoms with Crippen molar-refractivity contribution in [2.24, 2.45) is 5.92 Å². The van der Waals surface area contributed by atoms with Crippen LogP contribution in [0.3, 0.4) is 0 Å². The molecule has 2 fully saturated rings. The van der Waals surface area contributed by atoms with E-state index in [0.717, 1.165) is 16.3 Å². The maximum absolute atomic E-state index is 13.5. The molecule has 4 unspecified atom stereocenters. The molecule has 2 aliphatic rings. The van der Waals surface area contributed by atoms with E-state index in [2.05, 4.69) is 24.0 Å². The lowest BCUT2D eigenvalue weighted by atomic mass is 10.1. The van der Waals surface area contributed by atoms with Gasteiger partial charge in [0.05, 0.1) is 25.9 Å². The molecule has 1 saturated heterocycles. The van der Waals surface area contributed by atoms with Crippen molar-refractivity contribution < 1.29 is 28.6 Å². The minimum Gasteiger partial charge on any atom is -0.464 e. The number of benzene rings is 2. The first-order valence-corrected chi connectivity index (χ1v) is 12.8. The fourth-order valence-corrected chi connectivity index (χ4v) is 4.80. The van der Waals surface area contributed by atoms with Gasteiger partial charge >= 0.3 is 12.1 Å². The van der Waals surface area contributed by atoms with Gasteiger partial charge in [-0.1, -0.05) is 42.5 Å². The molecule has 198 valence electrons. The van der Waals surface area contributed by atoms with Gasteiger partial charge in [0, 0.05) is 12.3 Å². The van der Waals surface area contributed by atoms with Crippen molar-refractivity contribution in [1.29, 1.82) is 0 Å². The zero-order valence-corrected chi connectivity index (χ0v) is 22.0. The van der Waals surface area contributed by atoms with Crippen LogP contribution in [0.4, 0.5) is 4.79 Å². The predicted molar refractivity (Wildman–Crippen MR) is 140 cm³/mol. The second-order valence-electron chi connectivity index (χ2n) is 10.7. The van der Waals surface area contributed by atoms with Crippen molar-refractivity contribution in [2.45, 2.75) is 70.4 Å². The standard InChI is InChI=1S/C29H36N2O6/c1-6-22-16-29(22,26(33)35-7-2)30-25(32)24-15-23(17-31(24)27(34)37-28(3,4)5)36-18-19-12-13-20-10-8-9-11-21(20)14-19/h6,8-14,22-24H,1,7,15-18H2,2-5H3,(H,30,32). The Morgan fingerprint density at radius 3 is 2.54 bits per heavy atom. The largest absolute Gasteiger partial charge is 0.464 e. The molecule has 8 nitrogen and oxygen atoms in total. The second kappa shape index (κ2) is 10.5. The van der Waals surface area contributed by atoms with Gasteiger partial charge in [-0.15, -0.1) is 6.58 Å². The van der Waals surface area contributed by atoms with Crippen LogP contribution in [-0.2, 0) is 30.4 Å². The van der Waals surface area contributed by atoms with Gasteiger partial charge in [-0.25, -0.2) is 9.59 Å². The molecular weight excluding hydrogens is 472 g/mol. The van der Waals surface area contributed by atoms with E-state index < -0.39 is 35.2 Å². The summed E-state index contributed by atoms with van der Waals surface area (Å²) in [6, 6.07) is 13.4. The van der Waals surface area contributed by atoms with Crippen molar-refractivity contribution in [3.05, 3.63) is 60.7 Å². The smallest absolute Gasteiger partial charge is 0.411 e. The maximum atomic E-state index is 13.5. The number of carbonyl (C=O) groups is 3. The van der Waals surface area contributed by atoms with Gasteiger partial charge < -0.3 is 19.5 Å². The molecule has 0 aromatic heterocycles. The molecule has 8 heteroatoms. The van der Waals surface area contributed by atoms with Crippen molar-refractivity contribution in [3.8, 4) is 0 Å². The lowest BCUT2D eigenvalue weighted by Gasteiger charge is -2.29. The fraction of sp³-hybridized carbons (Fsp3) is 0.483. The highest BCUT2D eigenvalue weighted by atomic mass is 16.6. The molecule has 1 N–H and O–H groups in total. The van der Waals surface area contributed by atoms with Crippen LogP contribution < -0.4 is 5.32 Å². The van der Waals surface area contributed by atoms with E-state index in [1.165, 1.54) is 4.90 Å². The summed E-state index contributed by atoms with van der Waals surface area (Å²) in [7, 11) is 0. The molecule has 1 aliphatic heterocycles. The Hall–Kier alpha value is -3.39. The summed E-state index contributed by atoms with van der Waals surface area (Å²) < 4.78 is 17.0. The number of likely N-dealkylation sites (tertiary alicyclic amines) is 1. The Labute approximate surface area is 217 Å². The lowest BCUT2D eigenvalue weighted by Crippen LogP contribution is -2.53. The number of ether oxygens (including phenoxy) is 3. The van der Waals surface area contributed by atoms with Crippen LogP contribution in [-0.4, -0.2) is 59.3 Å². The lowest BCUT2D eigenvalue weighted by molar-refractivity contribution is -0.149. The number of nitrogens with zero attached hydrogens (tertiary/aromatic N) is 1. The van der Waals surface area contributed by atoms with Gasteiger partial charge in [-0.2, -0.15) is 0 Å². The molecule has 1 heterocycles. The monoisotopic (exact) mass is 508 g/mol. The average molecular weight is 509 g/mol. The van der Waals surface area contributed by atoms with Crippen LogP contribution in [0.15, 0.2) is 55.1 Å². The third-order valence-corrected chi connectivity index (χ3v) is 6.78. The summed E-state index contributed by atoms with van der Waals surface area (Å²) in [6.45, 7) is 11.6. The van der Waals surface area contributed by atoms with Gasteiger partial charge in [0.15, 0.2) is 0 Å². The highest BCUT2D eigenvalue weighted by Crippen LogP contribution is 2.45. The van der Waals surface area contributed by atoms with Crippen LogP contribution in [0.5, 0.6) is 0 Å². The van der Waals surface area contributed by atoms with E-state index in [1.54, 1.807) is 33.8 Å². The van der Waals surface area contributed by atoms with Crippen molar-refractivity contribution >= 4 is 28.7 Å². The number of amides is 2. The van der Waals surface area contributed by atoms with E-state index in [9.17, 15) is 14.4 Å². The fourth-order valence-electron chi connectivity index (χ4n) is 4.80. The van der Waals surface area contributed by atoms with Gasteiger partial charge in [0.25, 0.3) is 0 Å². The number of esters is 1. The van der Waals surface area contributed by atoms with Crippen LogP contribution in [0.2, 0.25) is 0 Å². The Balaban J connectivity index is 1.48. The summed E-state index contributed by atoms with van der Waals surface area (Å²) in [5.74, 6) is -1.13. The highest BCUT2D eigenvalue weighted by molar-refractivity contribution is 5.95. The van der Waals surface area contributed by atoms with Gasteiger partial charge in [0.1, 0.15) is 17.2 Å². The Kier molecular flexibility index (Phi) is 7.59. The van der Waals surface area contributed by atoms with Crippen molar-refractivity contribution in [1.82, 2.24) is 10.2 Å². The number of fused-ring (bicyclic) bond motifs is 1. The molecule has 0 spiro atoms. The highest BCUT2D eigenvalue weighted by Gasteiger charge is 2.62. The number of hydrogen-bond acceptors (Lipinski definition) is 6. The van der Waals surface area contributed by atoms with Crippen molar-refractivity contribution in [2.75, 3.05) is 13.2 Å². The molecule has 4 atom stereocenters. The topological polar surface area (TPSA) is 94.2 Å². The molecule has 4 rings (SSSR count). The zero-order chi connectivity index (χ0) is 26.8. The first-order chi connectivity index (χ1) is 17.6. The summed E-state index contributed by atoms with van der Waals surface area (Å²) in [5, 5.41) is 5.13. The second-order valence-corrected chi connectivity index (χ2v) is 10.7. The molecule has 2 aromatic rings. The number of nitrogens with one attached hydrogen (secondary N) is 1. The SMILES string of the molecule is C=CC1CC1(NC(=O)C1CC(OCc2ccc3ccccc3c2)CN1C(=O)OC(C)(C)C)C(=O)OCC. The van der Waals surface area contributed by atoms with E-state index in [4.69, 9.17) is 14.2 Å². The molecule has 2 amide bonds. The van der Waals surface area contributed by atoms with Crippen molar-refractivity contribution in [3.63, 3.8) is 0 Å². The average Bonchev–Trinajstić information content (AvgIpc) is 3.39.